The molecule has 0 amide bonds. The number of hydrogen-bond acceptors (Lipinski definition) is 1. The summed E-state index contributed by atoms with van der Waals surface area (Å²) in [7, 11) is 0. The van der Waals surface area contributed by atoms with E-state index in [1.807, 2.05) is 0 Å². The highest BCUT2D eigenvalue weighted by Gasteiger charge is 2.50. The van der Waals surface area contributed by atoms with Crippen LogP contribution in [-0.2, 0) is 0 Å². The molecule has 0 radical (unpaired) electrons. The summed E-state index contributed by atoms with van der Waals surface area (Å²) in [6.45, 7) is 4.45. The Labute approximate surface area is 86.2 Å². The van der Waals surface area contributed by atoms with E-state index in [1.165, 1.54) is 31.3 Å². The van der Waals surface area contributed by atoms with E-state index < -0.39 is 0 Å². The van der Waals surface area contributed by atoms with Gasteiger partial charge in [-0.2, -0.15) is 0 Å². The van der Waals surface area contributed by atoms with E-state index in [0.717, 1.165) is 11.8 Å². The van der Waals surface area contributed by atoms with Crippen molar-refractivity contribution in [2.75, 3.05) is 0 Å². The highest BCUT2D eigenvalue weighted by atomic mass is 16.3. The van der Waals surface area contributed by atoms with Gasteiger partial charge >= 0.3 is 0 Å². The SMILES string of the molecule is CC(C)=C1[C@@H]2C[C@H]3C[C@@H](C2)C(O)[C@@H]1C3. The molecular weight excluding hydrogens is 172 g/mol. The molecule has 0 aromatic rings. The number of hydrogen-bond donors (Lipinski definition) is 1. The molecule has 78 valence electrons. The molecule has 0 spiro atoms. The van der Waals surface area contributed by atoms with Gasteiger partial charge in [-0.05, 0) is 57.3 Å². The van der Waals surface area contributed by atoms with Gasteiger partial charge in [0.15, 0.2) is 0 Å². The fourth-order valence-electron chi connectivity index (χ4n) is 4.43. The molecule has 1 nitrogen and oxygen atoms in total. The van der Waals surface area contributed by atoms with E-state index in [1.54, 1.807) is 5.57 Å². The Bertz CT molecular complexity index is 288. The lowest BCUT2D eigenvalue weighted by atomic mass is 9.52. The predicted molar refractivity (Wildman–Crippen MR) is 56.8 cm³/mol. The van der Waals surface area contributed by atoms with Gasteiger partial charge in [0.25, 0.3) is 0 Å². The molecule has 5 atom stereocenters. The standard InChI is InChI=1S/C13H20O/c1-7(2)12-9-3-8-4-10(6-9)13(14)11(12)5-8/h8-11,13-14H,3-6H2,1-2H3/t8-,9+,10-,11+,13?/m0/s1. The Morgan fingerprint density at radius 2 is 1.93 bits per heavy atom. The van der Waals surface area contributed by atoms with E-state index in [0.29, 0.717) is 11.8 Å². The van der Waals surface area contributed by atoms with Gasteiger partial charge < -0.3 is 5.11 Å². The Morgan fingerprint density at radius 3 is 2.64 bits per heavy atom. The maximum Gasteiger partial charge on any atom is 0.0634 e. The summed E-state index contributed by atoms with van der Waals surface area (Å²) in [4.78, 5) is 0. The summed E-state index contributed by atoms with van der Waals surface area (Å²) in [5.74, 6) is 2.96. The second kappa shape index (κ2) is 2.85. The highest BCUT2D eigenvalue weighted by molar-refractivity contribution is 5.26. The second-order valence-corrected chi connectivity index (χ2v) is 5.82. The summed E-state index contributed by atoms with van der Waals surface area (Å²) < 4.78 is 0. The highest BCUT2D eigenvalue weighted by Crippen LogP contribution is 2.56. The van der Waals surface area contributed by atoms with Gasteiger partial charge in [-0.15, -0.1) is 0 Å². The largest absolute Gasteiger partial charge is 0.392 e. The monoisotopic (exact) mass is 192 g/mol. The van der Waals surface area contributed by atoms with Gasteiger partial charge in [0.2, 0.25) is 0 Å². The molecule has 4 fully saturated rings. The Balaban J connectivity index is 2.01. The normalized spacial score (nSPS) is 49.9. The molecule has 4 aliphatic carbocycles. The second-order valence-electron chi connectivity index (χ2n) is 5.82. The van der Waals surface area contributed by atoms with E-state index in [4.69, 9.17) is 0 Å². The number of aliphatic hydroxyl groups excluding tert-OH is 1. The molecule has 4 aliphatic rings. The fourth-order valence-corrected chi connectivity index (χ4v) is 4.43. The van der Waals surface area contributed by atoms with Crippen molar-refractivity contribution >= 4 is 0 Å². The third-order valence-corrected chi connectivity index (χ3v) is 4.74. The van der Waals surface area contributed by atoms with Gasteiger partial charge in [0.05, 0.1) is 6.10 Å². The van der Waals surface area contributed by atoms with Crippen LogP contribution in [0.4, 0.5) is 0 Å². The van der Waals surface area contributed by atoms with Crippen LogP contribution < -0.4 is 0 Å². The molecule has 0 aliphatic heterocycles. The van der Waals surface area contributed by atoms with E-state index in [2.05, 4.69) is 13.8 Å². The summed E-state index contributed by atoms with van der Waals surface area (Å²) in [6.07, 6.45) is 5.26. The van der Waals surface area contributed by atoms with Crippen molar-refractivity contribution in [1.29, 1.82) is 0 Å². The smallest absolute Gasteiger partial charge is 0.0634 e. The van der Waals surface area contributed by atoms with Crippen molar-refractivity contribution in [3.8, 4) is 0 Å². The third-order valence-electron chi connectivity index (χ3n) is 4.74. The first-order chi connectivity index (χ1) is 6.66. The van der Waals surface area contributed by atoms with E-state index in [-0.39, 0.29) is 6.10 Å². The van der Waals surface area contributed by atoms with Crippen LogP contribution in [0, 0.1) is 23.7 Å². The van der Waals surface area contributed by atoms with E-state index in [9.17, 15) is 5.11 Å². The van der Waals surface area contributed by atoms with Crippen molar-refractivity contribution in [2.24, 2.45) is 23.7 Å². The van der Waals surface area contributed by atoms with Gasteiger partial charge in [0.1, 0.15) is 0 Å². The molecule has 4 saturated carbocycles. The minimum atomic E-state index is -0.00676. The van der Waals surface area contributed by atoms with Gasteiger partial charge in [-0.3, -0.25) is 0 Å². The zero-order valence-electron chi connectivity index (χ0n) is 9.16. The van der Waals surface area contributed by atoms with Crippen LogP contribution in [0.1, 0.15) is 39.5 Å². The van der Waals surface area contributed by atoms with Crippen molar-refractivity contribution in [2.45, 2.75) is 45.6 Å². The quantitative estimate of drug-likeness (QED) is 0.585. The van der Waals surface area contributed by atoms with Crippen LogP contribution in [0.25, 0.3) is 0 Å². The average Bonchev–Trinajstić information content (AvgIpc) is 2.12. The third kappa shape index (κ3) is 1.05. The maximum atomic E-state index is 10.2. The molecule has 0 aromatic heterocycles. The van der Waals surface area contributed by atoms with E-state index >= 15 is 0 Å². The van der Waals surface area contributed by atoms with Crippen LogP contribution in [0.2, 0.25) is 0 Å². The lowest BCUT2D eigenvalue weighted by Gasteiger charge is -2.54. The molecule has 0 saturated heterocycles. The van der Waals surface area contributed by atoms with Crippen molar-refractivity contribution in [3.63, 3.8) is 0 Å². The van der Waals surface area contributed by atoms with Crippen molar-refractivity contribution in [3.05, 3.63) is 11.1 Å². The average molecular weight is 192 g/mol. The minimum Gasteiger partial charge on any atom is -0.392 e. The summed E-state index contributed by atoms with van der Waals surface area (Å²) in [6, 6.07) is 0. The van der Waals surface area contributed by atoms with Crippen molar-refractivity contribution < 1.29 is 5.11 Å². The van der Waals surface area contributed by atoms with Crippen LogP contribution in [0.15, 0.2) is 11.1 Å². The molecule has 4 bridgehead atoms. The fraction of sp³-hybridized carbons (Fsp3) is 0.846. The molecule has 4 rings (SSSR count). The lowest BCUT2D eigenvalue weighted by Crippen LogP contribution is -2.49. The zero-order valence-corrected chi connectivity index (χ0v) is 9.16. The molecule has 14 heavy (non-hydrogen) atoms. The van der Waals surface area contributed by atoms with Gasteiger partial charge in [-0.1, -0.05) is 11.1 Å². The first-order valence-electron chi connectivity index (χ1n) is 6.02. The Kier molecular flexibility index (Phi) is 1.82. The molecule has 1 unspecified atom stereocenters. The van der Waals surface area contributed by atoms with Gasteiger partial charge in [-0.25, -0.2) is 0 Å². The molecule has 0 aromatic carbocycles. The first kappa shape index (κ1) is 8.96. The summed E-state index contributed by atoms with van der Waals surface area (Å²) >= 11 is 0. The Hall–Kier alpha value is -0.300. The van der Waals surface area contributed by atoms with Crippen LogP contribution in [-0.4, -0.2) is 11.2 Å². The minimum absolute atomic E-state index is 0.00676. The van der Waals surface area contributed by atoms with Crippen LogP contribution >= 0.6 is 0 Å². The molecule has 0 heterocycles. The maximum absolute atomic E-state index is 10.2. The molecular formula is C13H20O. The van der Waals surface area contributed by atoms with Crippen LogP contribution in [0.5, 0.6) is 0 Å². The number of rotatable bonds is 0. The van der Waals surface area contributed by atoms with Crippen LogP contribution in [0.3, 0.4) is 0 Å². The lowest BCUT2D eigenvalue weighted by molar-refractivity contribution is -0.0587. The summed E-state index contributed by atoms with van der Waals surface area (Å²) in [5, 5.41) is 10.2. The number of allylic oxidation sites excluding steroid dienone is 1. The Morgan fingerprint density at radius 1 is 1.14 bits per heavy atom. The predicted octanol–water partition coefficient (Wildman–Crippen LogP) is 2.75. The summed E-state index contributed by atoms with van der Waals surface area (Å²) in [5.41, 5.74) is 3.11. The molecule has 1 N–H and O–H groups in total. The van der Waals surface area contributed by atoms with Crippen molar-refractivity contribution in [1.82, 2.24) is 0 Å². The first-order valence-corrected chi connectivity index (χ1v) is 6.02. The zero-order chi connectivity index (χ0) is 9.87. The van der Waals surface area contributed by atoms with Gasteiger partial charge in [0, 0.05) is 5.92 Å². The number of aliphatic hydroxyl groups is 1. The topological polar surface area (TPSA) is 20.2 Å². The molecule has 1 heteroatoms.